The van der Waals surface area contributed by atoms with Gasteiger partial charge >= 0.3 is 0 Å². The molecule has 2 aromatic carbocycles. The lowest BCUT2D eigenvalue weighted by molar-refractivity contribution is -0.111. The van der Waals surface area contributed by atoms with E-state index in [0.29, 0.717) is 5.92 Å². The van der Waals surface area contributed by atoms with Gasteiger partial charge in [0.15, 0.2) is 0 Å². The van der Waals surface area contributed by atoms with E-state index in [4.69, 9.17) is 0 Å². The molecule has 2 aromatic rings. The molecule has 2 nitrogen and oxygen atoms in total. The molecule has 0 fully saturated rings. The second-order valence-electron chi connectivity index (χ2n) is 5.12. The first-order chi connectivity index (χ1) is 10.1. The molecular weight excluding hydrogens is 326 g/mol. The molecule has 21 heavy (non-hydrogen) atoms. The Labute approximate surface area is 134 Å². The van der Waals surface area contributed by atoms with Gasteiger partial charge in [-0.1, -0.05) is 50.2 Å². The summed E-state index contributed by atoms with van der Waals surface area (Å²) in [6, 6.07) is 15.8. The summed E-state index contributed by atoms with van der Waals surface area (Å²) in [6.45, 7) is 4.33. The fraction of sp³-hybridized carbons (Fsp3) is 0.167. The summed E-state index contributed by atoms with van der Waals surface area (Å²) in [4.78, 5) is 11.9. The highest BCUT2D eigenvalue weighted by Crippen LogP contribution is 2.21. The Bertz CT molecular complexity index is 645. The van der Waals surface area contributed by atoms with Crippen molar-refractivity contribution in [3.05, 3.63) is 70.2 Å². The van der Waals surface area contributed by atoms with Gasteiger partial charge in [-0.05, 0) is 51.2 Å². The molecule has 0 bridgehead atoms. The number of anilines is 1. The third-order valence-electron chi connectivity index (χ3n) is 3.16. The van der Waals surface area contributed by atoms with Gasteiger partial charge < -0.3 is 5.32 Å². The summed E-state index contributed by atoms with van der Waals surface area (Å²) in [5.74, 6) is 0.372. The molecule has 0 saturated heterocycles. The average Bonchev–Trinajstić information content (AvgIpc) is 2.48. The minimum Gasteiger partial charge on any atom is -0.321 e. The van der Waals surface area contributed by atoms with Crippen molar-refractivity contribution in [3.8, 4) is 0 Å². The Morgan fingerprint density at radius 3 is 2.38 bits per heavy atom. The monoisotopic (exact) mass is 343 g/mol. The van der Waals surface area contributed by atoms with Crippen LogP contribution in [0.3, 0.4) is 0 Å². The van der Waals surface area contributed by atoms with Gasteiger partial charge in [-0.25, -0.2) is 0 Å². The fourth-order valence-corrected chi connectivity index (χ4v) is 2.28. The maximum Gasteiger partial charge on any atom is 0.248 e. The zero-order chi connectivity index (χ0) is 15.2. The molecule has 0 aromatic heterocycles. The van der Waals surface area contributed by atoms with Crippen LogP contribution < -0.4 is 5.32 Å². The normalized spacial score (nSPS) is 11.0. The largest absolute Gasteiger partial charge is 0.321 e. The number of nitrogens with one attached hydrogen (secondary N) is 1. The first-order valence-electron chi connectivity index (χ1n) is 6.90. The van der Waals surface area contributed by atoms with E-state index < -0.39 is 0 Å². The van der Waals surface area contributed by atoms with Crippen LogP contribution in [0.15, 0.2) is 59.1 Å². The molecule has 0 saturated carbocycles. The number of amides is 1. The lowest BCUT2D eigenvalue weighted by Gasteiger charge is -2.05. The SMILES string of the molecule is CC(C)c1ccc(C=CC(=O)Nc2ccccc2Br)cc1. The van der Waals surface area contributed by atoms with Crippen molar-refractivity contribution in [1.29, 1.82) is 0 Å². The quantitative estimate of drug-likeness (QED) is 0.757. The van der Waals surface area contributed by atoms with Crippen molar-refractivity contribution in [2.45, 2.75) is 19.8 Å². The molecule has 2 rings (SSSR count). The van der Waals surface area contributed by atoms with Gasteiger partial charge in [0.25, 0.3) is 0 Å². The van der Waals surface area contributed by atoms with Gasteiger partial charge in [0.1, 0.15) is 0 Å². The van der Waals surface area contributed by atoms with Crippen molar-refractivity contribution >= 4 is 33.6 Å². The van der Waals surface area contributed by atoms with E-state index in [1.165, 1.54) is 5.56 Å². The van der Waals surface area contributed by atoms with Crippen LogP contribution in [0.4, 0.5) is 5.69 Å². The zero-order valence-corrected chi connectivity index (χ0v) is 13.7. The van der Waals surface area contributed by atoms with E-state index in [-0.39, 0.29) is 5.91 Å². The van der Waals surface area contributed by atoms with E-state index >= 15 is 0 Å². The second-order valence-corrected chi connectivity index (χ2v) is 5.98. The highest BCUT2D eigenvalue weighted by molar-refractivity contribution is 9.10. The fourth-order valence-electron chi connectivity index (χ4n) is 1.90. The molecule has 0 radical (unpaired) electrons. The molecule has 0 aliphatic carbocycles. The molecule has 1 amide bonds. The van der Waals surface area contributed by atoms with Crippen molar-refractivity contribution in [3.63, 3.8) is 0 Å². The smallest absolute Gasteiger partial charge is 0.248 e. The summed E-state index contributed by atoms with van der Waals surface area (Å²) in [7, 11) is 0. The van der Waals surface area contributed by atoms with Crippen molar-refractivity contribution in [2.75, 3.05) is 5.32 Å². The molecule has 3 heteroatoms. The van der Waals surface area contributed by atoms with Crippen molar-refractivity contribution in [1.82, 2.24) is 0 Å². The average molecular weight is 344 g/mol. The number of halogens is 1. The highest BCUT2D eigenvalue weighted by atomic mass is 79.9. The van der Waals surface area contributed by atoms with Crippen LogP contribution in [-0.2, 0) is 4.79 Å². The summed E-state index contributed by atoms with van der Waals surface area (Å²) >= 11 is 3.40. The molecule has 108 valence electrons. The predicted octanol–water partition coefficient (Wildman–Crippen LogP) is 5.22. The maximum absolute atomic E-state index is 11.9. The molecule has 0 aliphatic rings. The van der Waals surface area contributed by atoms with Crippen LogP contribution in [0, 0.1) is 0 Å². The predicted molar refractivity (Wildman–Crippen MR) is 92.3 cm³/mol. The minimum absolute atomic E-state index is 0.144. The topological polar surface area (TPSA) is 29.1 Å². The molecule has 1 N–H and O–H groups in total. The Morgan fingerprint density at radius 1 is 1.10 bits per heavy atom. The number of hydrogen-bond acceptors (Lipinski definition) is 1. The van der Waals surface area contributed by atoms with Crippen LogP contribution in [0.2, 0.25) is 0 Å². The highest BCUT2D eigenvalue weighted by Gasteiger charge is 2.01. The van der Waals surface area contributed by atoms with Gasteiger partial charge in [-0.2, -0.15) is 0 Å². The van der Waals surface area contributed by atoms with E-state index in [2.05, 4.69) is 47.2 Å². The summed E-state index contributed by atoms with van der Waals surface area (Å²) < 4.78 is 0.869. The van der Waals surface area contributed by atoms with E-state index in [1.54, 1.807) is 6.08 Å². The molecule has 0 atom stereocenters. The number of hydrogen-bond donors (Lipinski definition) is 1. The van der Waals surface area contributed by atoms with Crippen LogP contribution in [0.25, 0.3) is 6.08 Å². The molecule has 0 heterocycles. The van der Waals surface area contributed by atoms with E-state index in [1.807, 2.05) is 42.5 Å². The molecule has 0 spiro atoms. The molecular formula is C18H18BrNO. The third kappa shape index (κ3) is 4.57. The Hall–Kier alpha value is -1.87. The van der Waals surface area contributed by atoms with Gasteiger partial charge in [0, 0.05) is 10.5 Å². The number of para-hydroxylation sites is 1. The van der Waals surface area contributed by atoms with Gasteiger partial charge in [-0.3, -0.25) is 4.79 Å². The second kappa shape index (κ2) is 7.23. The van der Waals surface area contributed by atoms with Crippen LogP contribution in [-0.4, -0.2) is 5.91 Å². The maximum atomic E-state index is 11.9. The minimum atomic E-state index is -0.144. The first kappa shape index (κ1) is 15.5. The number of carbonyl (C=O) groups is 1. The number of carbonyl (C=O) groups excluding carboxylic acids is 1. The lowest BCUT2D eigenvalue weighted by Crippen LogP contribution is -2.08. The summed E-state index contributed by atoms with van der Waals surface area (Å²) in [5, 5.41) is 2.84. The Morgan fingerprint density at radius 2 is 1.76 bits per heavy atom. The third-order valence-corrected chi connectivity index (χ3v) is 3.85. The van der Waals surface area contributed by atoms with E-state index in [0.717, 1.165) is 15.7 Å². The lowest BCUT2D eigenvalue weighted by atomic mass is 10.0. The van der Waals surface area contributed by atoms with Crippen molar-refractivity contribution in [2.24, 2.45) is 0 Å². The molecule has 0 aliphatic heterocycles. The Kier molecular flexibility index (Phi) is 5.34. The summed E-state index contributed by atoms with van der Waals surface area (Å²) in [5.41, 5.74) is 3.08. The van der Waals surface area contributed by atoms with Gasteiger partial charge in [0.2, 0.25) is 5.91 Å². The molecule has 0 unspecified atom stereocenters. The van der Waals surface area contributed by atoms with Crippen LogP contribution in [0.5, 0.6) is 0 Å². The van der Waals surface area contributed by atoms with E-state index in [9.17, 15) is 4.79 Å². The van der Waals surface area contributed by atoms with Crippen molar-refractivity contribution < 1.29 is 4.79 Å². The number of rotatable bonds is 4. The standard InChI is InChI=1S/C18H18BrNO/c1-13(2)15-10-7-14(8-11-15)9-12-18(21)20-17-6-4-3-5-16(17)19/h3-13H,1-2H3,(H,20,21). The summed E-state index contributed by atoms with van der Waals surface area (Å²) in [6.07, 6.45) is 3.36. The van der Waals surface area contributed by atoms with Crippen LogP contribution in [0.1, 0.15) is 30.9 Å². The Balaban J connectivity index is 2.00. The van der Waals surface area contributed by atoms with Gasteiger partial charge in [0.05, 0.1) is 5.69 Å². The first-order valence-corrected chi connectivity index (χ1v) is 7.69. The van der Waals surface area contributed by atoms with Crippen LogP contribution >= 0.6 is 15.9 Å². The zero-order valence-electron chi connectivity index (χ0n) is 12.1. The van der Waals surface area contributed by atoms with Gasteiger partial charge in [-0.15, -0.1) is 0 Å². The number of benzene rings is 2.